The lowest BCUT2D eigenvalue weighted by Crippen LogP contribution is -2.54. The largest absolute Gasteiger partial charge is 0.445 e. The maximum absolute atomic E-state index is 12.4. The highest BCUT2D eigenvalue weighted by atomic mass is 35.5. The topological polar surface area (TPSA) is 144 Å². The normalized spacial score (nSPS) is 12.5. The number of carbonyl (C=O) groups excluding carboxylic acids is 3. The highest BCUT2D eigenvalue weighted by molar-refractivity contribution is 6.29. The van der Waals surface area contributed by atoms with Crippen LogP contribution in [-0.2, 0) is 27.4 Å². The van der Waals surface area contributed by atoms with Gasteiger partial charge >= 0.3 is 6.09 Å². The quantitative estimate of drug-likeness (QED) is 0.436. The Morgan fingerprint density at radius 1 is 1.07 bits per heavy atom. The molecule has 0 aliphatic rings. The summed E-state index contributed by atoms with van der Waals surface area (Å²) >= 11 is 5.72. The molecule has 2 atom stereocenters. The van der Waals surface area contributed by atoms with E-state index in [1.54, 1.807) is 30.3 Å². The number of ether oxygens (including phenoxy) is 1. The van der Waals surface area contributed by atoms with Gasteiger partial charge in [-0.1, -0.05) is 48.0 Å². The Kier molecular flexibility index (Phi) is 8.38. The molecule has 0 aliphatic heterocycles. The fraction of sp³-hybridized carbons (Fsp3) is 0.263. The average Bonchev–Trinajstić information content (AvgIpc) is 2.72. The molecule has 2 rings (SSSR count). The van der Waals surface area contributed by atoms with Crippen molar-refractivity contribution in [2.75, 3.05) is 6.61 Å². The fourth-order valence-electron chi connectivity index (χ4n) is 2.36. The first-order chi connectivity index (χ1) is 13.9. The number of aromatic nitrogens is 1. The molecule has 0 saturated carbocycles. The zero-order valence-corrected chi connectivity index (χ0v) is 16.1. The Labute approximate surface area is 172 Å². The first-order valence-electron chi connectivity index (χ1n) is 8.67. The zero-order valence-electron chi connectivity index (χ0n) is 15.4. The smallest absolute Gasteiger partial charge is 0.408 e. The number of carbonyl (C=O) groups is 3. The van der Waals surface area contributed by atoms with Gasteiger partial charge in [0.05, 0.1) is 6.61 Å². The van der Waals surface area contributed by atoms with Crippen LogP contribution in [-0.4, -0.2) is 46.7 Å². The Morgan fingerprint density at radius 2 is 1.79 bits per heavy atom. The number of halogens is 1. The minimum Gasteiger partial charge on any atom is -0.445 e. The molecule has 9 nitrogen and oxygen atoms in total. The number of nitrogens with one attached hydrogen (secondary N) is 2. The Morgan fingerprint density at radius 3 is 2.38 bits per heavy atom. The van der Waals surface area contributed by atoms with Crippen molar-refractivity contribution >= 4 is 29.5 Å². The molecular formula is C19H21ClN4O5. The molecule has 0 bridgehead atoms. The molecule has 154 valence electrons. The van der Waals surface area contributed by atoms with Crippen LogP contribution in [0.1, 0.15) is 11.1 Å². The number of pyridine rings is 1. The molecule has 5 N–H and O–H groups in total. The Balaban J connectivity index is 1.91. The number of alkyl carbamates (subject to hydrolysis) is 1. The third-order valence-corrected chi connectivity index (χ3v) is 4.12. The molecule has 1 heterocycles. The van der Waals surface area contributed by atoms with E-state index in [1.165, 1.54) is 12.3 Å². The lowest BCUT2D eigenvalue weighted by molar-refractivity contribution is -0.129. The van der Waals surface area contributed by atoms with Crippen molar-refractivity contribution in [2.24, 2.45) is 5.73 Å². The van der Waals surface area contributed by atoms with Crippen LogP contribution in [0.2, 0.25) is 5.15 Å². The molecular weight excluding hydrogens is 400 g/mol. The number of hydrogen-bond donors (Lipinski definition) is 4. The van der Waals surface area contributed by atoms with E-state index in [9.17, 15) is 19.5 Å². The maximum atomic E-state index is 12.4. The Bertz CT molecular complexity index is 832. The number of hydrogen-bond acceptors (Lipinski definition) is 6. The SMILES string of the molecule is NC(=O)[C@H](Cc1ccc(Cl)nc1)NC(=O)[C@H](CO)NC(=O)OCc1ccccc1. The van der Waals surface area contributed by atoms with Gasteiger partial charge in [-0.2, -0.15) is 0 Å². The summed E-state index contributed by atoms with van der Waals surface area (Å²) in [5, 5.41) is 14.4. The van der Waals surface area contributed by atoms with Crippen LogP contribution in [0.25, 0.3) is 0 Å². The first kappa shape index (κ1) is 22.1. The molecule has 1 aromatic carbocycles. The van der Waals surface area contributed by atoms with Crippen molar-refractivity contribution in [1.82, 2.24) is 15.6 Å². The molecule has 0 radical (unpaired) electrons. The number of rotatable bonds is 9. The summed E-state index contributed by atoms with van der Waals surface area (Å²) in [5.74, 6) is -1.56. The number of aliphatic hydroxyl groups is 1. The monoisotopic (exact) mass is 420 g/mol. The van der Waals surface area contributed by atoms with E-state index in [-0.39, 0.29) is 18.2 Å². The molecule has 29 heavy (non-hydrogen) atoms. The summed E-state index contributed by atoms with van der Waals surface area (Å²) in [4.78, 5) is 39.8. The van der Waals surface area contributed by atoms with Crippen molar-refractivity contribution in [1.29, 1.82) is 0 Å². The van der Waals surface area contributed by atoms with Gasteiger partial charge in [0.15, 0.2) is 0 Å². The maximum Gasteiger partial charge on any atom is 0.408 e. The van der Waals surface area contributed by atoms with Crippen molar-refractivity contribution in [3.63, 3.8) is 0 Å². The first-order valence-corrected chi connectivity index (χ1v) is 9.05. The van der Waals surface area contributed by atoms with E-state index in [1.807, 2.05) is 6.07 Å². The van der Waals surface area contributed by atoms with Gasteiger partial charge in [-0.3, -0.25) is 9.59 Å². The van der Waals surface area contributed by atoms with Crippen molar-refractivity contribution in [2.45, 2.75) is 25.1 Å². The lowest BCUT2D eigenvalue weighted by atomic mass is 10.1. The highest BCUT2D eigenvalue weighted by Crippen LogP contribution is 2.08. The summed E-state index contributed by atoms with van der Waals surface area (Å²) in [6, 6.07) is 9.74. The number of nitrogens with zero attached hydrogens (tertiary/aromatic N) is 1. The van der Waals surface area contributed by atoms with Crippen LogP contribution < -0.4 is 16.4 Å². The molecule has 3 amide bonds. The van der Waals surface area contributed by atoms with Gasteiger partial charge in [0.1, 0.15) is 23.8 Å². The molecule has 0 aliphatic carbocycles. The number of nitrogens with two attached hydrogens (primary N) is 1. The van der Waals surface area contributed by atoms with E-state index in [0.29, 0.717) is 5.56 Å². The summed E-state index contributed by atoms with van der Waals surface area (Å²) in [5.41, 5.74) is 6.72. The van der Waals surface area contributed by atoms with Gasteiger partial charge in [0, 0.05) is 12.6 Å². The second-order valence-corrected chi connectivity index (χ2v) is 6.49. The molecule has 0 spiro atoms. The van der Waals surface area contributed by atoms with Gasteiger partial charge in [-0.05, 0) is 17.2 Å². The molecule has 0 fully saturated rings. The third kappa shape index (κ3) is 7.40. The molecule has 0 saturated heterocycles. The van der Waals surface area contributed by atoms with Crippen LogP contribution in [0, 0.1) is 0 Å². The average molecular weight is 421 g/mol. The van der Waals surface area contributed by atoms with E-state index < -0.39 is 36.6 Å². The minimum atomic E-state index is -1.32. The molecule has 1 aromatic heterocycles. The van der Waals surface area contributed by atoms with Gasteiger partial charge in [-0.25, -0.2) is 9.78 Å². The summed E-state index contributed by atoms with van der Waals surface area (Å²) in [7, 11) is 0. The number of amides is 3. The van der Waals surface area contributed by atoms with Crippen molar-refractivity contribution in [3.8, 4) is 0 Å². The van der Waals surface area contributed by atoms with E-state index in [4.69, 9.17) is 22.1 Å². The summed E-state index contributed by atoms with van der Waals surface area (Å²) in [6.45, 7) is -0.694. The van der Waals surface area contributed by atoms with Crippen LogP contribution in [0.5, 0.6) is 0 Å². The predicted molar refractivity (Wildman–Crippen MR) is 105 cm³/mol. The zero-order chi connectivity index (χ0) is 21.2. The predicted octanol–water partition coefficient (Wildman–Crippen LogP) is 0.535. The van der Waals surface area contributed by atoms with Gasteiger partial charge in [0.2, 0.25) is 11.8 Å². The van der Waals surface area contributed by atoms with Crippen LogP contribution in [0.3, 0.4) is 0 Å². The molecule has 0 unspecified atom stereocenters. The second-order valence-electron chi connectivity index (χ2n) is 6.10. The molecule has 10 heteroatoms. The number of aliphatic hydroxyl groups excluding tert-OH is 1. The van der Waals surface area contributed by atoms with Crippen molar-refractivity contribution < 1.29 is 24.2 Å². The summed E-state index contributed by atoms with van der Waals surface area (Å²) < 4.78 is 5.02. The van der Waals surface area contributed by atoms with Crippen LogP contribution in [0.4, 0.5) is 4.79 Å². The van der Waals surface area contributed by atoms with Gasteiger partial charge in [-0.15, -0.1) is 0 Å². The fourth-order valence-corrected chi connectivity index (χ4v) is 2.47. The number of primary amides is 1. The minimum absolute atomic E-state index is 0.0000807. The third-order valence-electron chi connectivity index (χ3n) is 3.89. The van der Waals surface area contributed by atoms with Crippen LogP contribution in [0.15, 0.2) is 48.7 Å². The standard InChI is InChI=1S/C19H21ClN4O5/c20-16-7-6-13(9-22-16)8-14(17(21)26)23-18(27)15(10-25)24-19(28)29-11-12-4-2-1-3-5-12/h1-7,9,14-15,25H,8,10-11H2,(H2,21,26)(H,23,27)(H,24,28)/t14-,15-/m0/s1. The second kappa shape index (κ2) is 11.0. The Hall–Kier alpha value is -3.17. The van der Waals surface area contributed by atoms with E-state index >= 15 is 0 Å². The van der Waals surface area contributed by atoms with Gasteiger partial charge in [0.25, 0.3) is 0 Å². The van der Waals surface area contributed by atoms with Crippen molar-refractivity contribution in [3.05, 3.63) is 64.9 Å². The number of benzene rings is 1. The molecule has 2 aromatic rings. The highest BCUT2D eigenvalue weighted by Gasteiger charge is 2.26. The summed E-state index contributed by atoms with van der Waals surface area (Å²) in [6.07, 6.45) is 0.634. The van der Waals surface area contributed by atoms with E-state index in [2.05, 4.69) is 15.6 Å². The lowest BCUT2D eigenvalue weighted by Gasteiger charge is -2.20. The van der Waals surface area contributed by atoms with Crippen LogP contribution >= 0.6 is 11.6 Å². The van der Waals surface area contributed by atoms with E-state index in [0.717, 1.165) is 5.56 Å². The van der Waals surface area contributed by atoms with Gasteiger partial charge < -0.3 is 26.2 Å².